The van der Waals surface area contributed by atoms with Crippen LogP contribution >= 0.6 is 0 Å². The Balaban J connectivity index is 1.68. The van der Waals surface area contributed by atoms with Crippen molar-refractivity contribution in [3.8, 4) is 0 Å². The van der Waals surface area contributed by atoms with Gasteiger partial charge in [0.05, 0.1) is 4.90 Å². The monoisotopic (exact) mass is 409 g/mol. The van der Waals surface area contributed by atoms with E-state index in [1.54, 1.807) is 17.9 Å². The molecule has 2 aliphatic heterocycles. The summed E-state index contributed by atoms with van der Waals surface area (Å²) in [6, 6.07) is 3.54. The second-order valence-corrected chi connectivity index (χ2v) is 8.99. The molecular weight excluding hydrogens is 385 g/mol. The van der Waals surface area contributed by atoms with Crippen LogP contribution in [0.3, 0.4) is 0 Å². The number of aryl methyl sites for hydroxylation is 1. The van der Waals surface area contributed by atoms with Gasteiger partial charge in [-0.25, -0.2) is 12.8 Å². The molecule has 0 aromatic heterocycles. The van der Waals surface area contributed by atoms with Crippen molar-refractivity contribution >= 4 is 21.8 Å². The van der Waals surface area contributed by atoms with Crippen LogP contribution in [0.25, 0.3) is 0 Å². The van der Waals surface area contributed by atoms with Gasteiger partial charge in [-0.2, -0.15) is 4.31 Å². The van der Waals surface area contributed by atoms with E-state index in [1.807, 2.05) is 0 Å². The number of benzene rings is 1. The molecule has 2 aliphatic rings. The molecule has 3 rings (SSSR count). The normalized spacial score (nSPS) is 19.9. The number of piperidine rings is 1. The smallest absolute Gasteiger partial charge is 0.312 e. The van der Waals surface area contributed by atoms with Gasteiger partial charge in [-0.3, -0.25) is 9.59 Å². The average molecular weight is 409 g/mol. The summed E-state index contributed by atoms with van der Waals surface area (Å²) in [6.45, 7) is 6.86. The number of halogens is 1. The van der Waals surface area contributed by atoms with Crippen molar-refractivity contribution in [3.05, 3.63) is 42.2 Å². The summed E-state index contributed by atoms with van der Waals surface area (Å²) >= 11 is 0. The van der Waals surface area contributed by atoms with E-state index >= 15 is 0 Å². The Morgan fingerprint density at radius 3 is 2.46 bits per heavy atom. The van der Waals surface area contributed by atoms with Crippen LogP contribution in [0, 0.1) is 12.7 Å². The molecule has 0 saturated carbocycles. The quantitative estimate of drug-likeness (QED) is 0.540. The molecule has 0 spiro atoms. The molecule has 0 N–H and O–H groups in total. The summed E-state index contributed by atoms with van der Waals surface area (Å²) in [5.41, 5.74) is 0.489. The molecule has 7 nitrogen and oxygen atoms in total. The molecule has 152 valence electrons. The van der Waals surface area contributed by atoms with Crippen molar-refractivity contribution in [3.63, 3.8) is 0 Å². The van der Waals surface area contributed by atoms with E-state index in [1.165, 1.54) is 21.3 Å². The van der Waals surface area contributed by atoms with Crippen LogP contribution in [0.4, 0.5) is 4.39 Å². The van der Waals surface area contributed by atoms with Crippen LogP contribution in [-0.4, -0.2) is 73.1 Å². The van der Waals surface area contributed by atoms with Gasteiger partial charge in [0, 0.05) is 38.8 Å². The Labute approximate surface area is 164 Å². The van der Waals surface area contributed by atoms with Gasteiger partial charge in [-0.1, -0.05) is 12.1 Å². The van der Waals surface area contributed by atoms with Crippen LogP contribution in [0.2, 0.25) is 0 Å². The maximum atomic E-state index is 13.5. The molecular formula is C19H24FN3O4S. The fraction of sp³-hybridized carbons (Fsp3) is 0.474. The maximum Gasteiger partial charge on any atom is 0.312 e. The maximum absolute atomic E-state index is 13.5. The van der Waals surface area contributed by atoms with Crippen LogP contribution in [0.1, 0.15) is 18.4 Å². The van der Waals surface area contributed by atoms with Gasteiger partial charge in [-0.05, 0) is 37.5 Å². The van der Waals surface area contributed by atoms with Gasteiger partial charge < -0.3 is 9.80 Å². The molecule has 2 saturated heterocycles. The molecule has 0 aliphatic carbocycles. The van der Waals surface area contributed by atoms with Crippen molar-refractivity contribution < 1.29 is 22.4 Å². The number of carbonyl (C=O) groups excluding carboxylic acids is 2. The third-order valence-electron chi connectivity index (χ3n) is 5.32. The molecule has 28 heavy (non-hydrogen) atoms. The number of carbonyl (C=O) groups is 2. The first-order valence-corrected chi connectivity index (χ1v) is 10.7. The molecule has 1 aromatic rings. The SMILES string of the molecule is C=CCN1CCN(C2CCN(S(=O)(=O)c3cc(F)ccc3C)CC2)C(=O)C1=O. The highest BCUT2D eigenvalue weighted by molar-refractivity contribution is 7.89. The van der Waals surface area contributed by atoms with E-state index in [0.717, 1.165) is 6.07 Å². The highest BCUT2D eigenvalue weighted by atomic mass is 32.2. The van der Waals surface area contributed by atoms with Crippen molar-refractivity contribution in [2.75, 3.05) is 32.7 Å². The zero-order valence-electron chi connectivity index (χ0n) is 15.8. The predicted octanol–water partition coefficient (Wildman–Crippen LogP) is 1.14. The summed E-state index contributed by atoms with van der Waals surface area (Å²) < 4.78 is 40.6. The van der Waals surface area contributed by atoms with Gasteiger partial charge in [0.2, 0.25) is 10.0 Å². The zero-order chi connectivity index (χ0) is 20.5. The fourth-order valence-electron chi connectivity index (χ4n) is 3.75. The summed E-state index contributed by atoms with van der Waals surface area (Å²) in [5, 5.41) is 0. The van der Waals surface area contributed by atoms with Gasteiger partial charge in [0.25, 0.3) is 0 Å². The molecule has 0 radical (unpaired) electrons. The Morgan fingerprint density at radius 1 is 1.14 bits per heavy atom. The fourth-order valence-corrected chi connectivity index (χ4v) is 5.46. The first kappa shape index (κ1) is 20.5. The third-order valence-corrected chi connectivity index (χ3v) is 7.36. The Kier molecular flexibility index (Phi) is 5.85. The molecule has 0 unspecified atom stereocenters. The second kappa shape index (κ2) is 8.00. The lowest BCUT2D eigenvalue weighted by atomic mass is 10.0. The Morgan fingerprint density at radius 2 is 1.82 bits per heavy atom. The number of nitrogens with zero attached hydrogens (tertiary/aromatic N) is 3. The molecule has 2 fully saturated rings. The number of hydrogen-bond acceptors (Lipinski definition) is 4. The topological polar surface area (TPSA) is 78.0 Å². The van der Waals surface area contributed by atoms with E-state index in [9.17, 15) is 22.4 Å². The van der Waals surface area contributed by atoms with Crippen LogP contribution in [-0.2, 0) is 19.6 Å². The number of rotatable bonds is 5. The molecule has 2 heterocycles. The second-order valence-electron chi connectivity index (χ2n) is 7.08. The number of amides is 2. The Hall–Kier alpha value is -2.26. The van der Waals surface area contributed by atoms with Crippen molar-refractivity contribution in [2.45, 2.75) is 30.7 Å². The van der Waals surface area contributed by atoms with Crippen LogP contribution in [0.15, 0.2) is 35.7 Å². The molecule has 9 heteroatoms. The highest BCUT2D eigenvalue weighted by Crippen LogP contribution is 2.26. The van der Waals surface area contributed by atoms with E-state index in [-0.39, 0.29) is 24.0 Å². The minimum absolute atomic E-state index is 0.0322. The highest BCUT2D eigenvalue weighted by Gasteiger charge is 2.39. The summed E-state index contributed by atoms with van der Waals surface area (Å²) in [4.78, 5) is 27.6. The van der Waals surface area contributed by atoms with Gasteiger partial charge >= 0.3 is 11.8 Å². The number of hydrogen-bond donors (Lipinski definition) is 0. The molecule has 1 aromatic carbocycles. The largest absolute Gasteiger partial charge is 0.330 e. The van der Waals surface area contributed by atoms with Crippen LogP contribution in [0.5, 0.6) is 0 Å². The van der Waals surface area contributed by atoms with Gasteiger partial charge in [-0.15, -0.1) is 6.58 Å². The molecule has 0 atom stereocenters. The third kappa shape index (κ3) is 3.81. The lowest BCUT2D eigenvalue weighted by Gasteiger charge is -2.41. The molecule has 2 amide bonds. The first-order chi connectivity index (χ1) is 13.3. The average Bonchev–Trinajstić information content (AvgIpc) is 2.68. The predicted molar refractivity (Wildman–Crippen MR) is 101 cm³/mol. The minimum Gasteiger partial charge on any atom is -0.330 e. The Bertz CT molecular complexity index is 894. The van der Waals surface area contributed by atoms with Crippen molar-refractivity contribution in [1.29, 1.82) is 0 Å². The number of sulfonamides is 1. The number of piperazine rings is 1. The summed E-state index contributed by atoms with van der Waals surface area (Å²) in [6.07, 6.45) is 2.46. The van der Waals surface area contributed by atoms with E-state index in [0.29, 0.717) is 38.0 Å². The van der Waals surface area contributed by atoms with Crippen molar-refractivity contribution in [2.24, 2.45) is 0 Å². The summed E-state index contributed by atoms with van der Waals surface area (Å²) in [7, 11) is -3.81. The minimum atomic E-state index is -3.81. The standard InChI is InChI=1S/C19H24FN3O4S/c1-3-8-21-11-12-23(19(25)18(21)24)16-6-9-22(10-7-16)28(26,27)17-13-15(20)5-4-14(17)2/h3-5,13,16H,1,6-12H2,2H3. The van der Waals surface area contributed by atoms with Gasteiger partial charge in [0.15, 0.2) is 0 Å². The van der Waals surface area contributed by atoms with Crippen molar-refractivity contribution in [1.82, 2.24) is 14.1 Å². The lowest BCUT2D eigenvalue weighted by Crippen LogP contribution is -2.59. The van der Waals surface area contributed by atoms with Crippen LogP contribution < -0.4 is 0 Å². The van der Waals surface area contributed by atoms with E-state index in [2.05, 4.69) is 6.58 Å². The zero-order valence-corrected chi connectivity index (χ0v) is 16.6. The lowest BCUT2D eigenvalue weighted by molar-refractivity contribution is -0.157. The summed E-state index contributed by atoms with van der Waals surface area (Å²) in [5.74, 6) is -1.69. The molecule has 0 bridgehead atoms. The van der Waals surface area contributed by atoms with E-state index in [4.69, 9.17) is 0 Å². The first-order valence-electron chi connectivity index (χ1n) is 9.22. The van der Waals surface area contributed by atoms with E-state index < -0.39 is 27.7 Å². The van der Waals surface area contributed by atoms with Gasteiger partial charge in [0.1, 0.15) is 5.82 Å².